The van der Waals surface area contributed by atoms with Crippen LogP contribution in [0.25, 0.3) is 0 Å². The van der Waals surface area contributed by atoms with Crippen LogP contribution in [0.15, 0.2) is 0 Å². The van der Waals surface area contributed by atoms with Crippen LogP contribution in [0.4, 0.5) is 5.00 Å². The second-order valence-corrected chi connectivity index (χ2v) is 5.42. The van der Waals surface area contributed by atoms with Gasteiger partial charge in [0, 0.05) is 4.88 Å². The summed E-state index contributed by atoms with van der Waals surface area (Å²) in [4.78, 5) is 12.3. The molecule has 0 aliphatic heterocycles. The fourth-order valence-electron chi connectivity index (χ4n) is 2.29. The normalized spacial score (nSPS) is 24.9. The van der Waals surface area contributed by atoms with Gasteiger partial charge in [-0.05, 0) is 30.2 Å². The summed E-state index contributed by atoms with van der Waals surface area (Å²) in [6, 6.07) is 0. The number of nitrogens with two attached hydrogens (primary N) is 1. The molecule has 2 unspecified atom stereocenters. The van der Waals surface area contributed by atoms with E-state index in [-0.39, 0.29) is 0 Å². The van der Waals surface area contributed by atoms with Crippen LogP contribution in [0.1, 0.15) is 47.0 Å². The Morgan fingerprint density at radius 2 is 2.20 bits per heavy atom. The summed E-state index contributed by atoms with van der Waals surface area (Å²) in [6.45, 7) is 4.27. The van der Waals surface area contributed by atoms with Gasteiger partial charge in [0.05, 0.1) is 5.56 Å². The molecule has 3 N–H and O–H groups in total. The van der Waals surface area contributed by atoms with Crippen molar-refractivity contribution in [2.24, 2.45) is 5.92 Å². The molecule has 2 atom stereocenters. The average Bonchev–Trinajstić information content (AvgIpc) is 2.49. The van der Waals surface area contributed by atoms with Crippen LogP contribution in [0.2, 0.25) is 0 Å². The fourth-order valence-corrected chi connectivity index (χ4v) is 3.47. The van der Waals surface area contributed by atoms with Gasteiger partial charge in [-0.3, -0.25) is 0 Å². The molecule has 2 rings (SSSR count). The van der Waals surface area contributed by atoms with Crippen molar-refractivity contribution in [3.8, 4) is 0 Å². The van der Waals surface area contributed by atoms with Crippen molar-refractivity contribution >= 4 is 22.3 Å². The molecule has 3 nitrogen and oxygen atoms in total. The third kappa shape index (κ3) is 1.53. The summed E-state index contributed by atoms with van der Waals surface area (Å²) in [5.41, 5.74) is 7.11. The van der Waals surface area contributed by atoms with E-state index < -0.39 is 5.97 Å². The molecule has 4 heteroatoms. The molecular weight excluding hydrogens is 210 g/mol. The lowest BCUT2D eigenvalue weighted by molar-refractivity contribution is 0.0696. The number of hydrogen-bond donors (Lipinski definition) is 2. The highest BCUT2D eigenvalue weighted by molar-refractivity contribution is 7.16. The molecule has 1 aromatic heterocycles. The summed E-state index contributed by atoms with van der Waals surface area (Å²) in [7, 11) is 0. The monoisotopic (exact) mass is 225 g/mol. The Hall–Kier alpha value is -1.03. The molecule has 0 fully saturated rings. The molecule has 0 saturated heterocycles. The van der Waals surface area contributed by atoms with Crippen LogP contribution < -0.4 is 5.73 Å². The fraction of sp³-hybridized carbons (Fsp3) is 0.545. The van der Waals surface area contributed by atoms with E-state index in [0.717, 1.165) is 18.4 Å². The Balaban J connectivity index is 2.58. The molecule has 1 aliphatic rings. The number of aryl methyl sites for hydroxylation is 1. The Morgan fingerprint density at radius 1 is 1.53 bits per heavy atom. The molecule has 0 amide bonds. The molecule has 0 spiro atoms. The lowest BCUT2D eigenvalue weighted by atomic mass is 9.79. The maximum absolute atomic E-state index is 11.1. The first kappa shape index (κ1) is 10.5. The molecule has 1 aliphatic carbocycles. The van der Waals surface area contributed by atoms with E-state index in [0.29, 0.717) is 22.4 Å². The van der Waals surface area contributed by atoms with Gasteiger partial charge < -0.3 is 10.8 Å². The third-order valence-electron chi connectivity index (χ3n) is 3.40. The van der Waals surface area contributed by atoms with Gasteiger partial charge in [-0.15, -0.1) is 11.3 Å². The highest BCUT2D eigenvalue weighted by atomic mass is 32.1. The number of rotatable bonds is 1. The number of nitrogen functional groups attached to an aromatic ring is 1. The Labute approximate surface area is 92.9 Å². The lowest BCUT2D eigenvalue weighted by Gasteiger charge is -2.26. The molecule has 0 saturated carbocycles. The largest absolute Gasteiger partial charge is 0.478 e. The minimum atomic E-state index is -0.883. The standard InChI is InChI=1S/C11H15NO2S/c1-5-3-4-7-8(6(5)2)9(11(13)14)10(12)15-7/h5-6H,3-4,12H2,1-2H3,(H,13,14). The smallest absolute Gasteiger partial charge is 0.338 e. The summed E-state index contributed by atoms with van der Waals surface area (Å²) in [5.74, 6) is -0.0241. The van der Waals surface area contributed by atoms with Crippen molar-refractivity contribution in [2.75, 3.05) is 5.73 Å². The lowest BCUT2D eigenvalue weighted by Crippen LogP contribution is -2.17. The van der Waals surface area contributed by atoms with E-state index in [4.69, 9.17) is 10.8 Å². The SMILES string of the molecule is CC1CCc2sc(N)c(C(=O)O)c2C1C. The topological polar surface area (TPSA) is 63.3 Å². The molecule has 1 heterocycles. The highest BCUT2D eigenvalue weighted by Crippen LogP contribution is 2.44. The van der Waals surface area contributed by atoms with Crippen molar-refractivity contribution in [3.63, 3.8) is 0 Å². The average molecular weight is 225 g/mol. The van der Waals surface area contributed by atoms with Gasteiger partial charge in [-0.25, -0.2) is 4.79 Å². The first-order valence-electron chi connectivity index (χ1n) is 5.16. The van der Waals surface area contributed by atoms with Crippen molar-refractivity contribution in [1.29, 1.82) is 0 Å². The van der Waals surface area contributed by atoms with E-state index in [9.17, 15) is 4.79 Å². The third-order valence-corrected chi connectivity index (χ3v) is 4.49. The van der Waals surface area contributed by atoms with Crippen LogP contribution in [0.5, 0.6) is 0 Å². The van der Waals surface area contributed by atoms with Gasteiger partial charge in [0.1, 0.15) is 5.00 Å². The zero-order chi connectivity index (χ0) is 11.2. The van der Waals surface area contributed by atoms with E-state index in [1.165, 1.54) is 16.2 Å². The van der Waals surface area contributed by atoms with Crippen LogP contribution in [-0.4, -0.2) is 11.1 Å². The molecular formula is C11H15NO2S. The summed E-state index contributed by atoms with van der Waals surface area (Å²) in [6.07, 6.45) is 2.11. The molecule has 15 heavy (non-hydrogen) atoms. The number of carbonyl (C=O) groups is 1. The van der Waals surface area contributed by atoms with E-state index in [1.54, 1.807) is 0 Å². The number of hydrogen-bond acceptors (Lipinski definition) is 3. The summed E-state index contributed by atoms with van der Waals surface area (Å²) in [5, 5.41) is 9.61. The van der Waals surface area contributed by atoms with E-state index in [1.807, 2.05) is 0 Å². The highest BCUT2D eigenvalue weighted by Gasteiger charge is 2.31. The van der Waals surface area contributed by atoms with Crippen LogP contribution in [0.3, 0.4) is 0 Å². The van der Waals surface area contributed by atoms with Gasteiger partial charge >= 0.3 is 5.97 Å². The molecule has 0 radical (unpaired) electrons. The molecule has 1 aromatic rings. The Bertz CT molecular complexity index is 411. The van der Waals surface area contributed by atoms with Gasteiger partial charge in [0.25, 0.3) is 0 Å². The number of fused-ring (bicyclic) bond motifs is 1. The quantitative estimate of drug-likeness (QED) is 0.772. The summed E-state index contributed by atoms with van der Waals surface area (Å²) < 4.78 is 0. The predicted molar refractivity (Wildman–Crippen MR) is 61.6 cm³/mol. The minimum absolute atomic E-state index is 0.313. The predicted octanol–water partition coefficient (Wildman–Crippen LogP) is 2.71. The van der Waals surface area contributed by atoms with Crippen LogP contribution >= 0.6 is 11.3 Å². The number of carboxylic acid groups (broad SMARTS) is 1. The van der Waals surface area contributed by atoms with Crippen LogP contribution in [0, 0.1) is 5.92 Å². The van der Waals surface area contributed by atoms with Gasteiger partial charge in [0.2, 0.25) is 0 Å². The maximum Gasteiger partial charge on any atom is 0.338 e. The Kier molecular flexibility index (Phi) is 2.46. The zero-order valence-electron chi connectivity index (χ0n) is 8.91. The molecule has 0 aromatic carbocycles. The maximum atomic E-state index is 11.1. The first-order valence-corrected chi connectivity index (χ1v) is 5.98. The first-order chi connectivity index (χ1) is 7.02. The van der Waals surface area contributed by atoms with E-state index in [2.05, 4.69) is 13.8 Å². The van der Waals surface area contributed by atoms with Gasteiger partial charge in [-0.2, -0.15) is 0 Å². The number of carboxylic acids is 1. The minimum Gasteiger partial charge on any atom is -0.478 e. The van der Waals surface area contributed by atoms with Crippen molar-refractivity contribution in [1.82, 2.24) is 0 Å². The number of aromatic carboxylic acids is 1. The molecule has 0 bridgehead atoms. The zero-order valence-corrected chi connectivity index (χ0v) is 9.73. The Morgan fingerprint density at radius 3 is 2.80 bits per heavy atom. The number of thiophene rings is 1. The van der Waals surface area contributed by atoms with Crippen molar-refractivity contribution in [3.05, 3.63) is 16.0 Å². The number of anilines is 1. The summed E-state index contributed by atoms with van der Waals surface area (Å²) >= 11 is 1.45. The second kappa shape index (κ2) is 3.52. The van der Waals surface area contributed by atoms with Crippen molar-refractivity contribution < 1.29 is 9.90 Å². The van der Waals surface area contributed by atoms with Crippen molar-refractivity contribution in [2.45, 2.75) is 32.6 Å². The van der Waals surface area contributed by atoms with E-state index >= 15 is 0 Å². The second-order valence-electron chi connectivity index (χ2n) is 4.29. The van der Waals surface area contributed by atoms with Gasteiger partial charge in [-0.1, -0.05) is 13.8 Å². The molecule has 82 valence electrons. The van der Waals surface area contributed by atoms with Gasteiger partial charge in [0.15, 0.2) is 0 Å². The van der Waals surface area contributed by atoms with Crippen LogP contribution in [-0.2, 0) is 6.42 Å².